The Morgan fingerprint density at radius 2 is 1.89 bits per heavy atom. The molecule has 0 aliphatic carbocycles. The average Bonchev–Trinajstić information content (AvgIpc) is 1.84. The van der Waals surface area contributed by atoms with Crippen molar-refractivity contribution in [1.29, 1.82) is 10.7 Å². The van der Waals surface area contributed by atoms with E-state index in [0.717, 1.165) is 0 Å². The Bertz CT molecular complexity index is 144. The van der Waals surface area contributed by atoms with Gasteiger partial charge in [-0.3, -0.25) is 10.3 Å². The molecule has 0 aromatic carbocycles. The highest BCUT2D eigenvalue weighted by Gasteiger charge is 2.02. The molecule has 50 valence electrons. The smallest absolute Gasteiger partial charge is 0.206 e. The summed E-state index contributed by atoms with van der Waals surface area (Å²) in [6.07, 6.45) is 1.81. The summed E-state index contributed by atoms with van der Waals surface area (Å²) in [4.78, 5) is 2.74. The van der Waals surface area contributed by atoms with Crippen molar-refractivity contribution < 1.29 is 0 Å². The predicted molar refractivity (Wildman–Crippen MR) is 34.8 cm³/mol. The van der Waals surface area contributed by atoms with E-state index < -0.39 is 0 Å². The summed E-state index contributed by atoms with van der Waals surface area (Å²) in [5.74, 6) is 0.192. The summed E-state index contributed by atoms with van der Waals surface area (Å²) in [5.41, 5.74) is 0. The second kappa shape index (κ2) is 2.92. The molecule has 0 amide bonds. The zero-order valence-corrected chi connectivity index (χ0v) is 5.84. The Hall–Kier alpha value is -1.24. The van der Waals surface area contributed by atoms with Gasteiger partial charge in [0.1, 0.15) is 0 Å². The third-order valence-corrected chi connectivity index (χ3v) is 0.891. The minimum Gasteiger partial charge on any atom is -0.348 e. The number of hydrogen-bond acceptors (Lipinski definition) is 2. The highest BCUT2D eigenvalue weighted by Crippen LogP contribution is 1.83. The molecule has 0 aliphatic heterocycles. The predicted octanol–water partition coefficient (Wildman–Crippen LogP) is -0.104. The molecule has 0 unspecified atom stereocenters. The number of nitriles is 1. The van der Waals surface area contributed by atoms with Crippen LogP contribution in [-0.2, 0) is 0 Å². The summed E-state index contributed by atoms with van der Waals surface area (Å²) < 4.78 is 0. The zero-order valence-electron chi connectivity index (χ0n) is 5.84. The van der Waals surface area contributed by atoms with E-state index in [9.17, 15) is 0 Å². The summed E-state index contributed by atoms with van der Waals surface area (Å²) >= 11 is 0. The van der Waals surface area contributed by atoms with Gasteiger partial charge < -0.3 is 4.90 Å². The van der Waals surface area contributed by atoms with Crippen molar-refractivity contribution in [2.24, 2.45) is 0 Å². The van der Waals surface area contributed by atoms with Gasteiger partial charge in [-0.25, -0.2) is 0 Å². The van der Waals surface area contributed by atoms with Crippen LogP contribution in [0.1, 0.15) is 0 Å². The minimum absolute atomic E-state index is 0.192. The molecule has 0 saturated carbocycles. The fraction of sp³-hybridized carbons (Fsp3) is 0.600. The van der Waals surface area contributed by atoms with Gasteiger partial charge in [0.25, 0.3) is 0 Å². The summed E-state index contributed by atoms with van der Waals surface area (Å²) in [7, 11) is 4.98. The van der Waals surface area contributed by atoms with Gasteiger partial charge in [0.15, 0.2) is 6.19 Å². The first kappa shape index (κ1) is 7.76. The molecule has 9 heavy (non-hydrogen) atoms. The second-order valence-corrected chi connectivity index (χ2v) is 1.88. The Morgan fingerprint density at radius 3 is 2.00 bits per heavy atom. The van der Waals surface area contributed by atoms with E-state index in [1.807, 2.05) is 6.19 Å². The molecule has 0 aliphatic rings. The maximum atomic E-state index is 8.26. The van der Waals surface area contributed by atoms with Crippen LogP contribution in [0.25, 0.3) is 0 Å². The minimum atomic E-state index is 0.192. The Balaban J connectivity index is 3.92. The standard InChI is InChI=1S/C5H10N4/c1-8(2)5(7)9(3)4-6/h7H,1-3H3. The average molecular weight is 126 g/mol. The maximum Gasteiger partial charge on any atom is 0.206 e. The van der Waals surface area contributed by atoms with Crippen molar-refractivity contribution in [1.82, 2.24) is 9.80 Å². The molecule has 0 bridgehead atoms. The SMILES string of the molecule is CN(C)C(=N)N(C)C#N. The summed E-state index contributed by atoms with van der Waals surface area (Å²) in [6, 6.07) is 0. The lowest BCUT2D eigenvalue weighted by Gasteiger charge is -2.17. The van der Waals surface area contributed by atoms with Crippen LogP contribution in [0, 0.1) is 16.9 Å². The lowest BCUT2D eigenvalue weighted by Crippen LogP contribution is -2.33. The van der Waals surface area contributed by atoms with Gasteiger partial charge >= 0.3 is 0 Å². The first-order valence-electron chi connectivity index (χ1n) is 2.49. The quantitative estimate of drug-likeness (QED) is 0.213. The van der Waals surface area contributed by atoms with E-state index >= 15 is 0 Å². The lowest BCUT2D eigenvalue weighted by molar-refractivity contribution is 0.513. The van der Waals surface area contributed by atoms with Crippen LogP contribution in [0.5, 0.6) is 0 Å². The molecule has 0 atom stereocenters. The third kappa shape index (κ3) is 2.00. The van der Waals surface area contributed by atoms with Crippen LogP contribution in [-0.4, -0.2) is 36.9 Å². The second-order valence-electron chi connectivity index (χ2n) is 1.88. The van der Waals surface area contributed by atoms with Crippen LogP contribution >= 0.6 is 0 Å². The van der Waals surface area contributed by atoms with Gasteiger partial charge in [0, 0.05) is 21.1 Å². The number of rotatable bonds is 0. The molecule has 0 spiro atoms. The normalized spacial score (nSPS) is 7.78. The Labute approximate surface area is 54.8 Å². The first-order chi connectivity index (χ1) is 4.09. The van der Waals surface area contributed by atoms with Gasteiger partial charge in [-0.2, -0.15) is 5.26 Å². The van der Waals surface area contributed by atoms with Crippen molar-refractivity contribution in [2.45, 2.75) is 0 Å². The van der Waals surface area contributed by atoms with E-state index in [0.29, 0.717) is 0 Å². The fourth-order valence-corrected chi connectivity index (χ4v) is 0.347. The van der Waals surface area contributed by atoms with Crippen LogP contribution in [0.4, 0.5) is 0 Å². The fourth-order valence-electron chi connectivity index (χ4n) is 0.347. The molecule has 4 nitrogen and oxygen atoms in total. The Kier molecular flexibility index (Phi) is 2.52. The summed E-state index contributed by atoms with van der Waals surface area (Å²) in [5, 5.41) is 15.4. The Morgan fingerprint density at radius 1 is 1.44 bits per heavy atom. The number of nitrogens with one attached hydrogen (secondary N) is 1. The highest BCUT2D eigenvalue weighted by atomic mass is 15.3. The van der Waals surface area contributed by atoms with Gasteiger partial charge in [0.2, 0.25) is 5.96 Å². The molecule has 0 fully saturated rings. The van der Waals surface area contributed by atoms with E-state index in [2.05, 4.69) is 0 Å². The molecular formula is C5H10N4. The first-order valence-corrected chi connectivity index (χ1v) is 2.49. The largest absolute Gasteiger partial charge is 0.348 e. The number of guanidine groups is 1. The van der Waals surface area contributed by atoms with Crippen LogP contribution in [0.2, 0.25) is 0 Å². The number of hydrogen-bond donors (Lipinski definition) is 1. The van der Waals surface area contributed by atoms with E-state index in [4.69, 9.17) is 10.7 Å². The molecule has 0 aromatic heterocycles. The van der Waals surface area contributed by atoms with Crippen molar-refractivity contribution in [3.8, 4) is 6.19 Å². The van der Waals surface area contributed by atoms with Crippen LogP contribution < -0.4 is 0 Å². The molecule has 0 saturated heterocycles. The van der Waals surface area contributed by atoms with Crippen LogP contribution in [0.15, 0.2) is 0 Å². The van der Waals surface area contributed by atoms with E-state index in [-0.39, 0.29) is 5.96 Å². The van der Waals surface area contributed by atoms with Gasteiger partial charge in [0.05, 0.1) is 0 Å². The summed E-state index contributed by atoms with van der Waals surface area (Å²) in [6.45, 7) is 0. The lowest BCUT2D eigenvalue weighted by atomic mass is 10.7. The molecule has 0 aromatic rings. The molecule has 0 radical (unpaired) electrons. The third-order valence-electron chi connectivity index (χ3n) is 0.891. The van der Waals surface area contributed by atoms with Crippen molar-refractivity contribution >= 4 is 5.96 Å². The van der Waals surface area contributed by atoms with Gasteiger partial charge in [-0.15, -0.1) is 0 Å². The molecule has 4 heteroatoms. The topological polar surface area (TPSA) is 54.1 Å². The number of nitrogens with zero attached hydrogens (tertiary/aromatic N) is 3. The van der Waals surface area contributed by atoms with Crippen molar-refractivity contribution in [3.05, 3.63) is 0 Å². The monoisotopic (exact) mass is 126 g/mol. The van der Waals surface area contributed by atoms with Gasteiger partial charge in [-0.05, 0) is 0 Å². The molecule has 0 heterocycles. The van der Waals surface area contributed by atoms with Crippen LogP contribution in [0.3, 0.4) is 0 Å². The van der Waals surface area contributed by atoms with Crippen molar-refractivity contribution in [2.75, 3.05) is 21.1 Å². The van der Waals surface area contributed by atoms with E-state index in [1.165, 1.54) is 4.90 Å². The molecule has 0 rings (SSSR count). The van der Waals surface area contributed by atoms with Gasteiger partial charge in [-0.1, -0.05) is 0 Å². The maximum absolute atomic E-state index is 8.26. The molecule has 1 N–H and O–H groups in total. The molecular weight excluding hydrogens is 116 g/mol. The highest BCUT2D eigenvalue weighted by molar-refractivity contribution is 5.77. The van der Waals surface area contributed by atoms with E-state index in [1.54, 1.807) is 26.0 Å². The zero-order chi connectivity index (χ0) is 7.44. The van der Waals surface area contributed by atoms with Crippen molar-refractivity contribution in [3.63, 3.8) is 0 Å².